The molecule has 0 atom stereocenters. The van der Waals surface area contributed by atoms with Gasteiger partial charge in [0.2, 0.25) is 11.9 Å². The van der Waals surface area contributed by atoms with Gasteiger partial charge in [-0.2, -0.15) is 15.0 Å². The van der Waals surface area contributed by atoms with E-state index >= 15 is 0 Å². The Kier molecular flexibility index (Phi) is 4.34. The number of hydrogen-bond donors (Lipinski definition) is 1. The molecule has 0 aliphatic carbocycles. The molecule has 106 valence electrons. The summed E-state index contributed by atoms with van der Waals surface area (Å²) in [6.45, 7) is 2.64. The van der Waals surface area contributed by atoms with Crippen LogP contribution in [0.5, 0.6) is 0 Å². The topological polar surface area (TPSA) is 53.9 Å². The van der Waals surface area contributed by atoms with Crippen molar-refractivity contribution in [3.05, 3.63) is 29.0 Å². The minimum Gasteiger partial charge on any atom is -0.354 e. The van der Waals surface area contributed by atoms with Crippen LogP contribution in [0.2, 0.25) is 5.02 Å². The van der Waals surface area contributed by atoms with Crippen LogP contribution in [0.25, 0.3) is 11.4 Å². The summed E-state index contributed by atoms with van der Waals surface area (Å²) in [6.07, 6.45) is 0. The first kappa shape index (κ1) is 14.5. The lowest BCUT2D eigenvalue weighted by Gasteiger charge is -2.13. The molecule has 0 bridgehead atoms. The van der Waals surface area contributed by atoms with E-state index in [2.05, 4.69) is 20.3 Å². The molecule has 0 aliphatic heterocycles. The maximum atomic E-state index is 13.1. The van der Waals surface area contributed by atoms with E-state index in [9.17, 15) is 4.39 Å². The molecule has 0 spiro atoms. The van der Waals surface area contributed by atoms with E-state index in [-0.39, 0.29) is 5.02 Å². The van der Waals surface area contributed by atoms with Crippen molar-refractivity contribution in [3.63, 3.8) is 0 Å². The van der Waals surface area contributed by atoms with Crippen LogP contribution in [0.4, 0.5) is 16.3 Å². The fourth-order valence-corrected chi connectivity index (χ4v) is 1.84. The van der Waals surface area contributed by atoms with Gasteiger partial charge in [0.25, 0.3) is 0 Å². The van der Waals surface area contributed by atoms with Crippen molar-refractivity contribution in [2.75, 3.05) is 30.9 Å². The Hall–Kier alpha value is -1.95. The smallest absolute Gasteiger partial charge is 0.230 e. The molecule has 2 aromatic rings. The monoisotopic (exact) mass is 295 g/mol. The molecular weight excluding hydrogens is 281 g/mol. The van der Waals surface area contributed by atoms with Gasteiger partial charge in [-0.05, 0) is 25.1 Å². The number of nitrogens with one attached hydrogen (secondary N) is 1. The second-order valence-electron chi connectivity index (χ2n) is 4.33. The van der Waals surface area contributed by atoms with E-state index in [1.165, 1.54) is 12.1 Å². The third kappa shape index (κ3) is 3.14. The fourth-order valence-electron chi connectivity index (χ4n) is 1.59. The molecule has 0 fully saturated rings. The number of aromatic nitrogens is 3. The molecule has 0 saturated heterocycles. The Balaban J connectivity index is 2.54. The lowest BCUT2D eigenvalue weighted by Crippen LogP contribution is -2.16. The molecule has 20 heavy (non-hydrogen) atoms. The van der Waals surface area contributed by atoms with Gasteiger partial charge in [0.05, 0.1) is 5.02 Å². The summed E-state index contributed by atoms with van der Waals surface area (Å²) >= 11 is 6.05. The van der Waals surface area contributed by atoms with Gasteiger partial charge in [-0.3, -0.25) is 0 Å². The van der Waals surface area contributed by atoms with Crippen LogP contribution < -0.4 is 10.2 Å². The third-order valence-electron chi connectivity index (χ3n) is 2.53. The van der Waals surface area contributed by atoms with E-state index < -0.39 is 5.82 Å². The maximum Gasteiger partial charge on any atom is 0.230 e. The number of halogens is 2. The largest absolute Gasteiger partial charge is 0.354 e. The van der Waals surface area contributed by atoms with E-state index in [4.69, 9.17) is 11.6 Å². The number of nitrogens with zero attached hydrogens (tertiary/aromatic N) is 4. The van der Waals surface area contributed by atoms with Gasteiger partial charge in [-0.15, -0.1) is 0 Å². The first-order chi connectivity index (χ1) is 9.51. The highest BCUT2D eigenvalue weighted by Gasteiger charge is 2.12. The Morgan fingerprint density at radius 3 is 2.60 bits per heavy atom. The average Bonchev–Trinajstić information content (AvgIpc) is 2.38. The van der Waals surface area contributed by atoms with Gasteiger partial charge in [-0.1, -0.05) is 11.6 Å². The van der Waals surface area contributed by atoms with Crippen LogP contribution in [0.15, 0.2) is 18.2 Å². The standard InChI is InChI=1S/C13H15ClFN5/c1-4-16-12-17-11(18-13(19-12)20(2)3)9-6-5-8(15)7-10(9)14/h5-7H,4H2,1-3H3,(H,16,17,18,19). The highest BCUT2D eigenvalue weighted by atomic mass is 35.5. The minimum absolute atomic E-state index is 0.267. The first-order valence-electron chi connectivity index (χ1n) is 6.14. The van der Waals surface area contributed by atoms with Crippen LogP contribution in [-0.2, 0) is 0 Å². The molecule has 0 aliphatic rings. The molecule has 1 heterocycles. The highest BCUT2D eigenvalue weighted by molar-refractivity contribution is 6.33. The predicted molar refractivity (Wildman–Crippen MR) is 78.7 cm³/mol. The van der Waals surface area contributed by atoms with Crippen molar-refractivity contribution in [3.8, 4) is 11.4 Å². The maximum absolute atomic E-state index is 13.1. The minimum atomic E-state index is -0.396. The van der Waals surface area contributed by atoms with Crippen molar-refractivity contribution in [1.29, 1.82) is 0 Å². The third-order valence-corrected chi connectivity index (χ3v) is 2.84. The lowest BCUT2D eigenvalue weighted by atomic mass is 10.2. The number of hydrogen-bond acceptors (Lipinski definition) is 5. The average molecular weight is 296 g/mol. The lowest BCUT2D eigenvalue weighted by molar-refractivity contribution is 0.628. The molecule has 1 N–H and O–H groups in total. The Bertz CT molecular complexity index is 618. The van der Waals surface area contributed by atoms with E-state index in [0.717, 1.165) is 0 Å². The van der Waals surface area contributed by atoms with Gasteiger partial charge in [0.15, 0.2) is 5.82 Å². The second-order valence-corrected chi connectivity index (χ2v) is 4.74. The van der Waals surface area contributed by atoms with Gasteiger partial charge in [0.1, 0.15) is 5.82 Å². The molecule has 1 aromatic heterocycles. The van der Waals surface area contributed by atoms with Gasteiger partial charge >= 0.3 is 0 Å². The summed E-state index contributed by atoms with van der Waals surface area (Å²) in [6, 6.07) is 4.12. The van der Waals surface area contributed by atoms with Crippen molar-refractivity contribution in [2.24, 2.45) is 0 Å². The van der Waals surface area contributed by atoms with Gasteiger partial charge < -0.3 is 10.2 Å². The van der Waals surface area contributed by atoms with E-state index in [1.54, 1.807) is 11.0 Å². The summed E-state index contributed by atoms with van der Waals surface area (Å²) in [5.74, 6) is 0.977. The molecule has 0 saturated carbocycles. The van der Waals surface area contributed by atoms with Crippen LogP contribution in [0.1, 0.15) is 6.92 Å². The van der Waals surface area contributed by atoms with Crippen molar-refractivity contribution >= 4 is 23.5 Å². The zero-order valence-electron chi connectivity index (χ0n) is 11.5. The van der Waals surface area contributed by atoms with Crippen molar-refractivity contribution < 1.29 is 4.39 Å². The summed E-state index contributed by atoms with van der Waals surface area (Å²) in [5.41, 5.74) is 0.567. The SMILES string of the molecule is CCNc1nc(-c2ccc(F)cc2Cl)nc(N(C)C)n1. The second kappa shape index (κ2) is 6.00. The summed E-state index contributed by atoms with van der Waals surface area (Å²) in [7, 11) is 3.67. The zero-order valence-corrected chi connectivity index (χ0v) is 12.2. The van der Waals surface area contributed by atoms with Crippen molar-refractivity contribution in [2.45, 2.75) is 6.92 Å². The molecule has 0 unspecified atom stereocenters. The summed E-state index contributed by atoms with van der Waals surface area (Å²) in [4.78, 5) is 14.7. The molecule has 2 rings (SSSR count). The number of anilines is 2. The molecule has 0 radical (unpaired) electrons. The molecule has 1 aromatic carbocycles. The summed E-state index contributed by atoms with van der Waals surface area (Å²) < 4.78 is 13.1. The van der Waals surface area contributed by atoms with Crippen molar-refractivity contribution in [1.82, 2.24) is 15.0 Å². The molecule has 0 amide bonds. The number of rotatable bonds is 4. The van der Waals surface area contributed by atoms with Crippen LogP contribution >= 0.6 is 11.6 Å². The Labute approximate surface area is 121 Å². The molecule has 5 nitrogen and oxygen atoms in total. The first-order valence-corrected chi connectivity index (χ1v) is 6.51. The summed E-state index contributed by atoms with van der Waals surface area (Å²) in [5, 5.41) is 3.30. The van der Waals surface area contributed by atoms with Gasteiger partial charge in [0, 0.05) is 26.2 Å². The highest BCUT2D eigenvalue weighted by Crippen LogP contribution is 2.27. The normalized spacial score (nSPS) is 10.4. The van der Waals surface area contributed by atoms with Crippen LogP contribution in [0, 0.1) is 5.82 Å². The predicted octanol–water partition coefficient (Wildman–Crippen LogP) is 2.83. The van der Waals surface area contributed by atoms with Crippen LogP contribution in [-0.4, -0.2) is 35.6 Å². The van der Waals surface area contributed by atoms with E-state index in [1.807, 2.05) is 21.0 Å². The zero-order chi connectivity index (χ0) is 14.7. The van der Waals surface area contributed by atoms with Gasteiger partial charge in [-0.25, -0.2) is 4.39 Å². The Morgan fingerprint density at radius 1 is 1.25 bits per heavy atom. The Morgan fingerprint density at radius 2 is 2.00 bits per heavy atom. The molecular formula is C13H15ClFN5. The molecule has 7 heteroatoms. The van der Waals surface area contributed by atoms with Crippen LogP contribution in [0.3, 0.4) is 0 Å². The quantitative estimate of drug-likeness (QED) is 0.940. The number of benzene rings is 1. The fraction of sp³-hybridized carbons (Fsp3) is 0.308. The van der Waals surface area contributed by atoms with E-state index in [0.29, 0.717) is 29.8 Å².